The highest BCUT2D eigenvalue weighted by Crippen LogP contribution is 2.38. The van der Waals surface area contributed by atoms with Crippen molar-refractivity contribution < 1.29 is 34.5 Å². The smallest absolute Gasteiger partial charge is 0.323 e. The molecular weight excluding hydrogens is 530 g/mol. The van der Waals surface area contributed by atoms with Gasteiger partial charge in [-0.25, -0.2) is 0 Å². The van der Waals surface area contributed by atoms with Crippen LogP contribution in [0.1, 0.15) is 12.8 Å². The second-order valence-electron chi connectivity index (χ2n) is 7.28. The Hall–Kier alpha value is -3.09. The lowest BCUT2D eigenvalue weighted by atomic mass is 10.0. The number of hydrogen-bond acceptors (Lipinski definition) is 7. The maximum atomic E-state index is 13.2. The third-order valence-corrected chi connectivity index (χ3v) is 5.73. The van der Waals surface area contributed by atoms with Crippen LogP contribution in [0.4, 0.5) is 5.69 Å². The zero-order chi connectivity index (χ0) is 25.4. The number of para-hydroxylation sites is 1. The van der Waals surface area contributed by atoms with Crippen molar-refractivity contribution in [1.82, 2.24) is 5.32 Å². The number of thiol groups is 1. The first kappa shape index (κ1) is 27.2. The maximum absolute atomic E-state index is 13.2. The highest BCUT2D eigenvalue weighted by Gasteiger charge is 2.30. The lowest BCUT2D eigenvalue weighted by Gasteiger charge is -2.27. The molecule has 0 spiro atoms. The average molecular weight is 554 g/mol. The van der Waals surface area contributed by atoms with Crippen LogP contribution in [0.5, 0.6) is 5.75 Å². The van der Waals surface area contributed by atoms with Crippen LogP contribution in [0.2, 0.25) is 0 Å². The summed E-state index contributed by atoms with van der Waals surface area (Å²) in [6, 6.07) is 9.13. The van der Waals surface area contributed by atoms with Gasteiger partial charge in [-0.05, 0) is 30.2 Å². The fraction of sp³-hybridized carbons (Fsp3) is 0.273. The number of carboxylic acids is 2. The first-order valence-electron chi connectivity index (χ1n) is 10.0. The van der Waals surface area contributed by atoms with Crippen LogP contribution < -0.4 is 16.0 Å². The Labute approximate surface area is 209 Å². The van der Waals surface area contributed by atoms with Gasteiger partial charge in [-0.15, -0.1) is 0 Å². The van der Waals surface area contributed by atoms with Crippen molar-refractivity contribution in [3.63, 3.8) is 0 Å². The number of carbonyl (C=O) groups excluding carboxylic acids is 2. The van der Waals surface area contributed by atoms with Crippen LogP contribution in [0.15, 0.2) is 46.9 Å². The summed E-state index contributed by atoms with van der Waals surface area (Å²) in [4.78, 5) is 48.6. The fourth-order valence-corrected chi connectivity index (χ4v) is 3.59. The monoisotopic (exact) mass is 553 g/mol. The number of aromatic hydroxyl groups is 1. The summed E-state index contributed by atoms with van der Waals surface area (Å²) in [5, 5.41) is 31.5. The molecule has 2 rings (SSSR count). The Morgan fingerprint density at radius 2 is 1.74 bits per heavy atom. The lowest BCUT2D eigenvalue weighted by Crippen LogP contribution is -2.51. The fourth-order valence-electron chi connectivity index (χ4n) is 3.08. The third kappa shape index (κ3) is 7.20. The summed E-state index contributed by atoms with van der Waals surface area (Å²) >= 11 is 7.42. The number of nitrogens with zero attached hydrogens (tertiary/aromatic N) is 1. The van der Waals surface area contributed by atoms with E-state index in [-0.39, 0.29) is 30.0 Å². The van der Waals surface area contributed by atoms with Crippen molar-refractivity contribution in [3.05, 3.63) is 46.9 Å². The van der Waals surface area contributed by atoms with Gasteiger partial charge in [0.25, 0.3) is 5.91 Å². The molecule has 2 aromatic carbocycles. The van der Waals surface area contributed by atoms with Gasteiger partial charge in [-0.1, -0.05) is 40.2 Å². The van der Waals surface area contributed by atoms with Gasteiger partial charge in [-0.2, -0.15) is 12.6 Å². The van der Waals surface area contributed by atoms with E-state index in [1.807, 2.05) is 0 Å². The predicted octanol–water partition coefficient (Wildman–Crippen LogP) is 1.85. The normalized spacial score (nSPS) is 12.4. The molecule has 0 aliphatic heterocycles. The number of hydrogen-bond donors (Lipinski definition) is 6. The molecule has 6 N–H and O–H groups in total. The molecule has 0 saturated carbocycles. The number of nitrogens with two attached hydrogens (primary N) is 1. The van der Waals surface area contributed by atoms with E-state index in [1.54, 1.807) is 36.4 Å². The Balaban J connectivity index is 2.32. The number of amides is 2. The van der Waals surface area contributed by atoms with Crippen molar-refractivity contribution in [3.8, 4) is 16.9 Å². The summed E-state index contributed by atoms with van der Waals surface area (Å²) in [5.74, 6) is -4.53. The average Bonchev–Trinajstić information content (AvgIpc) is 2.79. The topological polar surface area (TPSA) is 170 Å². The van der Waals surface area contributed by atoms with Crippen LogP contribution in [0.3, 0.4) is 0 Å². The van der Waals surface area contributed by atoms with Gasteiger partial charge in [-0.3, -0.25) is 24.1 Å². The van der Waals surface area contributed by atoms with Crippen LogP contribution in [-0.2, 0) is 19.2 Å². The van der Waals surface area contributed by atoms with E-state index < -0.39 is 42.4 Å². The van der Waals surface area contributed by atoms with E-state index >= 15 is 0 Å². The van der Waals surface area contributed by atoms with E-state index in [2.05, 4.69) is 33.9 Å². The molecule has 2 aromatic rings. The molecule has 0 heterocycles. The largest absolute Gasteiger partial charge is 0.505 e. The molecule has 34 heavy (non-hydrogen) atoms. The number of phenolic OH excluding ortho intramolecular Hbond substituents is 1. The molecule has 0 saturated heterocycles. The number of rotatable bonds is 11. The van der Waals surface area contributed by atoms with E-state index in [4.69, 9.17) is 10.8 Å². The maximum Gasteiger partial charge on any atom is 0.323 e. The number of phenols is 1. The van der Waals surface area contributed by atoms with E-state index in [0.29, 0.717) is 11.1 Å². The molecule has 0 aliphatic rings. The van der Waals surface area contributed by atoms with Gasteiger partial charge in [0, 0.05) is 22.2 Å². The van der Waals surface area contributed by atoms with Gasteiger partial charge in [0.1, 0.15) is 24.4 Å². The summed E-state index contributed by atoms with van der Waals surface area (Å²) < 4.78 is 0.825. The Kier molecular flexibility index (Phi) is 9.90. The molecule has 12 heteroatoms. The van der Waals surface area contributed by atoms with Crippen molar-refractivity contribution in [2.45, 2.75) is 24.9 Å². The molecule has 0 fully saturated rings. The number of nitrogens with one attached hydrogen (secondary N) is 1. The standard InChI is InChI=1S/C22H24BrN3O7S/c23-13-6-4-12(5-7-13)14-2-1-3-17(20(14)30)26(10-19(28)29)21(31)16(11-34)25-18(27)9-8-15(24)22(32)33/h1-7,15-16,30,34H,8-11,24H2,(H,25,27)(H,28,29)(H,32,33). The van der Waals surface area contributed by atoms with Gasteiger partial charge < -0.3 is 26.4 Å². The van der Waals surface area contributed by atoms with Crippen LogP contribution in [0.25, 0.3) is 11.1 Å². The highest BCUT2D eigenvalue weighted by atomic mass is 79.9. The predicted molar refractivity (Wildman–Crippen MR) is 132 cm³/mol. The van der Waals surface area contributed by atoms with Crippen LogP contribution in [-0.4, -0.2) is 63.5 Å². The molecule has 0 bridgehead atoms. The van der Waals surface area contributed by atoms with Crippen molar-refractivity contribution >= 4 is 58.0 Å². The SMILES string of the molecule is NC(CCC(=O)NC(CS)C(=O)N(CC(=O)O)c1cccc(-c2ccc(Br)cc2)c1O)C(=O)O. The summed E-state index contributed by atoms with van der Waals surface area (Å²) in [6.07, 6.45) is -0.405. The first-order valence-corrected chi connectivity index (χ1v) is 11.5. The minimum Gasteiger partial charge on any atom is -0.505 e. The Bertz CT molecular complexity index is 1060. The third-order valence-electron chi connectivity index (χ3n) is 4.84. The zero-order valence-electron chi connectivity index (χ0n) is 17.8. The second kappa shape index (κ2) is 12.4. The molecule has 0 aliphatic carbocycles. The van der Waals surface area contributed by atoms with Crippen molar-refractivity contribution in [1.29, 1.82) is 0 Å². The number of aliphatic carboxylic acids is 2. The van der Waals surface area contributed by atoms with Crippen molar-refractivity contribution in [2.24, 2.45) is 5.73 Å². The molecular formula is C22H24BrN3O7S. The highest BCUT2D eigenvalue weighted by molar-refractivity contribution is 9.10. The Morgan fingerprint density at radius 3 is 2.29 bits per heavy atom. The van der Waals surface area contributed by atoms with Gasteiger partial charge in [0.05, 0.1) is 5.69 Å². The first-order chi connectivity index (χ1) is 16.0. The minimum atomic E-state index is -1.33. The van der Waals surface area contributed by atoms with E-state index in [0.717, 1.165) is 9.37 Å². The van der Waals surface area contributed by atoms with Crippen molar-refractivity contribution in [2.75, 3.05) is 17.2 Å². The van der Waals surface area contributed by atoms with E-state index in [9.17, 15) is 29.4 Å². The molecule has 0 aromatic heterocycles. The van der Waals surface area contributed by atoms with Crippen LogP contribution in [0, 0.1) is 0 Å². The minimum absolute atomic E-state index is 0.0539. The van der Waals surface area contributed by atoms with Gasteiger partial charge in [0.15, 0.2) is 0 Å². The number of carbonyl (C=O) groups is 4. The van der Waals surface area contributed by atoms with Gasteiger partial charge in [0.2, 0.25) is 5.91 Å². The quantitative estimate of drug-likeness (QED) is 0.229. The molecule has 0 radical (unpaired) electrons. The van der Waals surface area contributed by atoms with E-state index in [1.165, 1.54) is 6.07 Å². The molecule has 10 nitrogen and oxygen atoms in total. The lowest BCUT2D eigenvalue weighted by molar-refractivity contribution is -0.139. The number of anilines is 1. The summed E-state index contributed by atoms with van der Waals surface area (Å²) in [7, 11) is 0. The molecule has 2 atom stereocenters. The summed E-state index contributed by atoms with van der Waals surface area (Å²) in [6.45, 7) is -0.778. The number of halogens is 1. The Morgan fingerprint density at radius 1 is 1.09 bits per heavy atom. The summed E-state index contributed by atoms with van der Waals surface area (Å²) in [5.41, 5.74) is 6.35. The zero-order valence-corrected chi connectivity index (χ0v) is 20.3. The number of carboxylic acid groups (broad SMARTS) is 2. The van der Waals surface area contributed by atoms with Crippen LogP contribution >= 0.6 is 28.6 Å². The van der Waals surface area contributed by atoms with Gasteiger partial charge >= 0.3 is 11.9 Å². The number of benzene rings is 2. The molecule has 2 unspecified atom stereocenters. The molecule has 182 valence electrons. The molecule has 2 amide bonds. The second-order valence-corrected chi connectivity index (χ2v) is 8.57.